The van der Waals surface area contributed by atoms with Gasteiger partial charge in [0, 0.05) is 25.2 Å². The quantitative estimate of drug-likeness (QED) is 0.777. The van der Waals surface area contributed by atoms with E-state index in [1.165, 1.54) is 31.9 Å². The van der Waals surface area contributed by atoms with Crippen LogP contribution in [0.25, 0.3) is 0 Å². The number of piperidine rings is 1. The van der Waals surface area contributed by atoms with Crippen LogP contribution in [-0.4, -0.2) is 36.6 Å². The Morgan fingerprint density at radius 3 is 2.95 bits per heavy atom. The van der Waals surface area contributed by atoms with E-state index in [1.807, 2.05) is 0 Å². The van der Waals surface area contributed by atoms with Crippen LogP contribution < -0.4 is 4.90 Å². The van der Waals surface area contributed by atoms with Crippen LogP contribution in [0.4, 0.5) is 10.1 Å². The molecule has 0 bridgehead atoms. The van der Waals surface area contributed by atoms with Crippen LogP contribution in [0.2, 0.25) is 5.02 Å². The molecule has 2 unspecified atom stereocenters. The molecule has 1 aromatic rings. The van der Waals surface area contributed by atoms with E-state index in [9.17, 15) is 4.39 Å². The molecule has 1 aromatic carbocycles. The topological polar surface area (TPSA) is 6.48 Å². The molecule has 2 nitrogen and oxygen atoms in total. The minimum absolute atomic E-state index is 0.210. The van der Waals surface area contributed by atoms with Crippen molar-refractivity contribution in [2.45, 2.75) is 38.3 Å². The zero-order valence-electron chi connectivity index (χ0n) is 11.3. The van der Waals surface area contributed by atoms with Crippen LogP contribution in [0.5, 0.6) is 0 Å². The highest BCUT2D eigenvalue weighted by Gasteiger charge is 2.33. The lowest BCUT2D eigenvalue weighted by molar-refractivity contribution is 0.115. The van der Waals surface area contributed by atoms with Crippen molar-refractivity contribution < 1.29 is 4.39 Å². The smallest absolute Gasteiger partial charge is 0.125 e. The van der Waals surface area contributed by atoms with E-state index < -0.39 is 0 Å². The van der Waals surface area contributed by atoms with E-state index in [0.29, 0.717) is 17.1 Å². The first-order valence-corrected chi connectivity index (χ1v) is 7.48. The van der Waals surface area contributed by atoms with Gasteiger partial charge in [-0.25, -0.2) is 4.39 Å². The number of benzene rings is 1. The highest BCUT2D eigenvalue weighted by molar-refractivity contribution is 6.33. The Hall–Kier alpha value is -0.800. The van der Waals surface area contributed by atoms with Gasteiger partial charge in [-0.05, 0) is 44.5 Å². The van der Waals surface area contributed by atoms with Gasteiger partial charge in [-0.1, -0.05) is 18.0 Å². The second-order valence-corrected chi connectivity index (χ2v) is 6.15. The number of piperazine rings is 1. The third-order valence-electron chi connectivity index (χ3n) is 4.40. The Bertz CT molecular complexity index is 465. The molecule has 0 saturated carbocycles. The molecule has 4 heteroatoms. The minimum atomic E-state index is -0.210. The summed E-state index contributed by atoms with van der Waals surface area (Å²) in [6.45, 7) is 5.42. The summed E-state index contributed by atoms with van der Waals surface area (Å²) in [4.78, 5) is 4.86. The summed E-state index contributed by atoms with van der Waals surface area (Å²) < 4.78 is 13.5. The molecule has 0 radical (unpaired) electrons. The number of halogens is 2. The van der Waals surface area contributed by atoms with Crippen LogP contribution >= 0.6 is 11.6 Å². The van der Waals surface area contributed by atoms with Gasteiger partial charge in [0.25, 0.3) is 0 Å². The predicted octanol–water partition coefficient (Wildman–Crippen LogP) is 3.54. The van der Waals surface area contributed by atoms with Crippen molar-refractivity contribution in [2.75, 3.05) is 24.5 Å². The van der Waals surface area contributed by atoms with Gasteiger partial charge in [0.05, 0.1) is 10.7 Å². The molecule has 0 amide bonds. The molecule has 2 atom stereocenters. The number of fused-ring (bicyclic) bond motifs is 1. The summed E-state index contributed by atoms with van der Waals surface area (Å²) >= 11 is 6.25. The molecule has 0 N–H and O–H groups in total. The SMILES string of the molecule is CC1CN2CCCCC2CN1c1cc(F)ccc1Cl. The first kappa shape index (κ1) is 13.2. The Labute approximate surface area is 119 Å². The maximum atomic E-state index is 13.5. The Balaban J connectivity index is 1.85. The van der Waals surface area contributed by atoms with Crippen molar-refractivity contribution >= 4 is 17.3 Å². The molecule has 0 aromatic heterocycles. The summed E-state index contributed by atoms with van der Waals surface area (Å²) in [5, 5.41) is 0.650. The maximum Gasteiger partial charge on any atom is 0.125 e. The van der Waals surface area contributed by atoms with Crippen molar-refractivity contribution in [3.05, 3.63) is 29.0 Å². The van der Waals surface area contributed by atoms with Gasteiger partial charge in [0.15, 0.2) is 0 Å². The Morgan fingerprint density at radius 2 is 2.11 bits per heavy atom. The number of hydrogen-bond acceptors (Lipinski definition) is 2. The van der Waals surface area contributed by atoms with Crippen molar-refractivity contribution in [2.24, 2.45) is 0 Å². The molecule has 19 heavy (non-hydrogen) atoms. The first-order valence-electron chi connectivity index (χ1n) is 7.11. The van der Waals surface area contributed by atoms with Crippen LogP contribution in [0.1, 0.15) is 26.2 Å². The van der Waals surface area contributed by atoms with E-state index in [0.717, 1.165) is 18.8 Å². The predicted molar refractivity (Wildman–Crippen MR) is 77.4 cm³/mol. The molecule has 104 valence electrons. The van der Waals surface area contributed by atoms with Crippen LogP contribution in [-0.2, 0) is 0 Å². The van der Waals surface area contributed by atoms with E-state index in [-0.39, 0.29) is 5.82 Å². The molecular formula is C15H20ClFN2. The summed E-state index contributed by atoms with van der Waals surface area (Å²) in [7, 11) is 0. The molecule has 2 aliphatic heterocycles. The molecule has 0 spiro atoms. The van der Waals surface area contributed by atoms with Gasteiger partial charge in [0.1, 0.15) is 5.82 Å². The molecule has 2 aliphatic rings. The lowest BCUT2D eigenvalue weighted by atomic mass is 9.96. The minimum Gasteiger partial charge on any atom is -0.365 e. The summed E-state index contributed by atoms with van der Waals surface area (Å²) in [6, 6.07) is 5.63. The third kappa shape index (κ3) is 2.59. The van der Waals surface area contributed by atoms with Crippen LogP contribution in [0.15, 0.2) is 18.2 Å². The average molecular weight is 283 g/mol. The Kier molecular flexibility index (Phi) is 3.68. The molecule has 3 rings (SSSR count). The fourth-order valence-electron chi connectivity index (χ4n) is 3.39. The monoisotopic (exact) mass is 282 g/mol. The second-order valence-electron chi connectivity index (χ2n) is 5.74. The standard InChI is InChI=1S/C15H20ClFN2/c1-11-9-18-7-3-2-4-13(18)10-19(11)15-8-12(17)5-6-14(15)16/h5-6,8,11,13H,2-4,7,9-10H2,1H3. The van der Waals surface area contributed by atoms with E-state index in [2.05, 4.69) is 16.7 Å². The van der Waals surface area contributed by atoms with Gasteiger partial charge in [-0.3, -0.25) is 4.90 Å². The van der Waals surface area contributed by atoms with E-state index in [1.54, 1.807) is 12.1 Å². The van der Waals surface area contributed by atoms with Gasteiger partial charge < -0.3 is 4.90 Å². The summed E-state index contributed by atoms with van der Waals surface area (Å²) in [6.07, 6.45) is 3.86. The number of rotatable bonds is 1. The van der Waals surface area contributed by atoms with Gasteiger partial charge in [-0.2, -0.15) is 0 Å². The summed E-state index contributed by atoms with van der Waals surface area (Å²) in [5.41, 5.74) is 0.847. The molecule has 2 fully saturated rings. The fraction of sp³-hybridized carbons (Fsp3) is 0.600. The molecule has 2 saturated heterocycles. The van der Waals surface area contributed by atoms with Gasteiger partial charge >= 0.3 is 0 Å². The van der Waals surface area contributed by atoms with Gasteiger partial charge in [0.2, 0.25) is 0 Å². The molecular weight excluding hydrogens is 263 g/mol. The van der Waals surface area contributed by atoms with Gasteiger partial charge in [-0.15, -0.1) is 0 Å². The highest BCUT2D eigenvalue weighted by Crippen LogP contribution is 2.33. The largest absolute Gasteiger partial charge is 0.365 e. The van der Waals surface area contributed by atoms with Crippen LogP contribution in [0.3, 0.4) is 0 Å². The van der Waals surface area contributed by atoms with Crippen LogP contribution in [0, 0.1) is 5.82 Å². The fourth-order valence-corrected chi connectivity index (χ4v) is 3.62. The summed E-state index contributed by atoms with van der Waals surface area (Å²) in [5.74, 6) is -0.210. The number of hydrogen-bond donors (Lipinski definition) is 0. The normalized spacial score (nSPS) is 28.3. The van der Waals surface area contributed by atoms with Crippen molar-refractivity contribution in [3.8, 4) is 0 Å². The molecule has 2 heterocycles. The average Bonchev–Trinajstić information content (AvgIpc) is 2.41. The maximum absolute atomic E-state index is 13.5. The molecule has 0 aliphatic carbocycles. The third-order valence-corrected chi connectivity index (χ3v) is 4.72. The lowest BCUT2D eigenvalue weighted by Crippen LogP contribution is -2.58. The van der Waals surface area contributed by atoms with E-state index >= 15 is 0 Å². The second kappa shape index (κ2) is 5.29. The number of nitrogens with zero attached hydrogens (tertiary/aromatic N) is 2. The first-order chi connectivity index (χ1) is 9.15. The van der Waals surface area contributed by atoms with E-state index in [4.69, 9.17) is 11.6 Å². The van der Waals surface area contributed by atoms with Crippen molar-refractivity contribution in [1.29, 1.82) is 0 Å². The highest BCUT2D eigenvalue weighted by atomic mass is 35.5. The number of anilines is 1. The lowest BCUT2D eigenvalue weighted by Gasteiger charge is -2.48. The van der Waals surface area contributed by atoms with Crippen molar-refractivity contribution in [3.63, 3.8) is 0 Å². The van der Waals surface area contributed by atoms with Crippen molar-refractivity contribution in [1.82, 2.24) is 4.90 Å². The Morgan fingerprint density at radius 1 is 1.26 bits per heavy atom. The zero-order chi connectivity index (χ0) is 13.4. The zero-order valence-corrected chi connectivity index (χ0v) is 12.0.